The van der Waals surface area contributed by atoms with Crippen LogP contribution in [0.2, 0.25) is 0 Å². The molecule has 0 saturated carbocycles. The summed E-state index contributed by atoms with van der Waals surface area (Å²) >= 11 is 3.20. The Morgan fingerprint density at radius 2 is 2.22 bits per heavy atom. The van der Waals surface area contributed by atoms with Crippen LogP contribution in [0.4, 0.5) is 5.69 Å². The largest absolute Gasteiger partial charge is 0.145 e. The summed E-state index contributed by atoms with van der Waals surface area (Å²) in [5.41, 5.74) is 0.448. The molecule has 0 aliphatic rings. The summed E-state index contributed by atoms with van der Waals surface area (Å²) in [5.74, 6) is 0. The average molecular weight is 186 g/mol. The number of halogens is 1. The zero-order valence-corrected chi connectivity index (χ0v) is 6.13. The van der Waals surface area contributed by atoms with E-state index >= 15 is 0 Å². The summed E-state index contributed by atoms with van der Waals surface area (Å²) in [6.07, 6.45) is 0. The Morgan fingerprint density at radius 3 is 2.67 bits per heavy atom. The molecule has 0 spiro atoms. The molecule has 2 nitrogen and oxygen atoms in total. The number of nitroso groups, excluding NO2 is 1. The fourth-order valence-corrected chi connectivity index (χ4v) is 0.920. The molecule has 1 aromatic carbocycles. The van der Waals surface area contributed by atoms with E-state index < -0.39 is 0 Å². The van der Waals surface area contributed by atoms with Gasteiger partial charge in [-0.05, 0) is 23.4 Å². The number of hydrogen-bond donors (Lipinski definition) is 0. The number of benzene rings is 1. The summed E-state index contributed by atoms with van der Waals surface area (Å²) in [5, 5.41) is 2.75. The Morgan fingerprint density at radius 1 is 1.44 bits per heavy atom. The highest BCUT2D eigenvalue weighted by atomic mass is 79.9. The predicted molar refractivity (Wildman–Crippen MR) is 39.6 cm³/mol. The van der Waals surface area contributed by atoms with Gasteiger partial charge in [0.1, 0.15) is 5.69 Å². The van der Waals surface area contributed by atoms with Crippen LogP contribution in [-0.2, 0) is 0 Å². The molecule has 1 aromatic rings. The van der Waals surface area contributed by atoms with E-state index in [0.717, 1.165) is 4.47 Å². The summed E-state index contributed by atoms with van der Waals surface area (Å²) in [4.78, 5) is 9.89. The van der Waals surface area contributed by atoms with Crippen LogP contribution in [0, 0.1) is 4.91 Å². The maximum Gasteiger partial charge on any atom is 0.109 e. The van der Waals surface area contributed by atoms with Crippen molar-refractivity contribution in [3.05, 3.63) is 33.6 Å². The number of nitrogens with zero attached hydrogens (tertiary/aromatic N) is 1. The van der Waals surface area contributed by atoms with Gasteiger partial charge in [0.2, 0.25) is 0 Å². The molecule has 0 aromatic heterocycles. The van der Waals surface area contributed by atoms with E-state index in [4.69, 9.17) is 0 Å². The van der Waals surface area contributed by atoms with E-state index in [1.807, 2.05) is 6.07 Å². The molecule has 0 heterocycles. The molecular formula is C6H4BrNO. The Hall–Kier alpha value is -0.700. The molecule has 0 bridgehead atoms. The van der Waals surface area contributed by atoms with Crippen molar-refractivity contribution in [1.82, 2.24) is 0 Å². The van der Waals surface area contributed by atoms with Crippen molar-refractivity contribution >= 4 is 21.6 Å². The van der Waals surface area contributed by atoms with Crippen LogP contribution >= 0.6 is 15.9 Å². The van der Waals surface area contributed by atoms with Gasteiger partial charge in [-0.25, -0.2) is 0 Å². The molecule has 1 rings (SSSR count). The lowest BCUT2D eigenvalue weighted by molar-refractivity contribution is 1.48. The lowest BCUT2D eigenvalue weighted by Crippen LogP contribution is -1.61. The minimum absolute atomic E-state index is 0.448. The Balaban J connectivity index is 3.07. The van der Waals surface area contributed by atoms with Crippen LogP contribution in [0.1, 0.15) is 0 Å². The van der Waals surface area contributed by atoms with Crippen LogP contribution in [0.25, 0.3) is 0 Å². The highest BCUT2D eigenvalue weighted by molar-refractivity contribution is 9.10. The van der Waals surface area contributed by atoms with Crippen molar-refractivity contribution < 1.29 is 0 Å². The van der Waals surface area contributed by atoms with Crippen molar-refractivity contribution in [1.29, 1.82) is 0 Å². The van der Waals surface area contributed by atoms with Gasteiger partial charge in [-0.15, -0.1) is 4.91 Å². The van der Waals surface area contributed by atoms with E-state index in [1.54, 1.807) is 18.2 Å². The molecule has 3 heteroatoms. The van der Waals surface area contributed by atoms with Crippen molar-refractivity contribution in [2.45, 2.75) is 0 Å². The van der Waals surface area contributed by atoms with E-state index in [9.17, 15) is 4.91 Å². The zero-order valence-electron chi connectivity index (χ0n) is 4.54. The van der Waals surface area contributed by atoms with Gasteiger partial charge in [0.05, 0.1) is 0 Å². The first-order valence-electron chi connectivity index (χ1n) is 2.42. The molecule has 0 N–H and O–H groups in total. The van der Waals surface area contributed by atoms with Gasteiger partial charge in [-0.3, -0.25) is 0 Å². The molecule has 0 fully saturated rings. The van der Waals surface area contributed by atoms with Crippen molar-refractivity contribution in [2.75, 3.05) is 0 Å². The van der Waals surface area contributed by atoms with Crippen LogP contribution in [-0.4, -0.2) is 0 Å². The highest BCUT2D eigenvalue weighted by Gasteiger charge is 1.88. The van der Waals surface area contributed by atoms with Gasteiger partial charge in [0.25, 0.3) is 0 Å². The molecule has 0 radical (unpaired) electrons. The number of rotatable bonds is 1. The molecule has 0 saturated heterocycles. The summed E-state index contributed by atoms with van der Waals surface area (Å²) in [7, 11) is 0. The Bertz CT molecular complexity index is 224. The third kappa shape index (κ3) is 1.61. The summed E-state index contributed by atoms with van der Waals surface area (Å²) in [6, 6.07) is 6.92. The van der Waals surface area contributed by atoms with E-state index in [0.29, 0.717) is 5.69 Å². The monoisotopic (exact) mass is 185 g/mol. The van der Waals surface area contributed by atoms with Crippen molar-refractivity contribution in [3.8, 4) is 0 Å². The van der Waals surface area contributed by atoms with E-state index in [2.05, 4.69) is 21.1 Å². The van der Waals surface area contributed by atoms with Gasteiger partial charge in [-0.2, -0.15) is 0 Å². The first kappa shape index (κ1) is 6.42. The zero-order chi connectivity index (χ0) is 6.69. The lowest BCUT2D eigenvalue weighted by Gasteiger charge is -1.87. The first-order chi connectivity index (χ1) is 4.33. The molecule has 0 aliphatic heterocycles. The smallest absolute Gasteiger partial charge is 0.109 e. The SMILES string of the molecule is O=Nc1cccc(Br)c1. The predicted octanol–water partition coefficient (Wildman–Crippen LogP) is 2.85. The molecule has 46 valence electrons. The minimum Gasteiger partial charge on any atom is -0.145 e. The Labute approximate surface area is 61.0 Å². The summed E-state index contributed by atoms with van der Waals surface area (Å²) in [6.45, 7) is 0. The normalized spacial score (nSPS) is 9.00. The van der Waals surface area contributed by atoms with Crippen LogP contribution < -0.4 is 0 Å². The highest BCUT2D eigenvalue weighted by Crippen LogP contribution is 2.17. The summed E-state index contributed by atoms with van der Waals surface area (Å²) < 4.78 is 0.875. The van der Waals surface area contributed by atoms with E-state index in [1.165, 1.54) is 0 Å². The van der Waals surface area contributed by atoms with Crippen LogP contribution in [0.3, 0.4) is 0 Å². The topological polar surface area (TPSA) is 29.4 Å². The van der Waals surface area contributed by atoms with Gasteiger partial charge < -0.3 is 0 Å². The molecule has 0 amide bonds. The molecule has 9 heavy (non-hydrogen) atoms. The maximum absolute atomic E-state index is 9.89. The third-order valence-corrected chi connectivity index (χ3v) is 1.41. The quantitative estimate of drug-likeness (QED) is 0.620. The van der Waals surface area contributed by atoms with Crippen molar-refractivity contribution in [2.24, 2.45) is 5.18 Å². The van der Waals surface area contributed by atoms with E-state index in [-0.39, 0.29) is 0 Å². The lowest BCUT2D eigenvalue weighted by atomic mass is 10.3. The third-order valence-electron chi connectivity index (χ3n) is 0.914. The standard InChI is InChI=1S/C6H4BrNO/c7-5-2-1-3-6(4-5)8-9/h1-4H. The Kier molecular flexibility index (Phi) is 1.95. The second kappa shape index (κ2) is 2.73. The number of hydrogen-bond acceptors (Lipinski definition) is 2. The second-order valence-electron chi connectivity index (χ2n) is 1.57. The van der Waals surface area contributed by atoms with Crippen molar-refractivity contribution in [3.63, 3.8) is 0 Å². The maximum atomic E-state index is 9.89. The molecule has 0 atom stereocenters. The molecule has 0 aliphatic carbocycles. The first-order valence-corrected chi connectivity index (χ1v) is 3.21. The van der Waals surface area contributed by atoms with Gasteiger partial charge in [0.15, 0.2) is 0 Å². The van der Waals surface area contributed by atoms with Crippen LogP contribution in [0.15, 0.2) is 33.9 Å². The van der Waals surface area contributed by atoms with Crippen LogP contribution in [0.5, 0.6) is 0 Å². The second-order valence-corrected chi connectivity index (χ2v) is 2.49. The average Bonchev–Trinajstić information content (AvgIpc) is 1.88. The van der Waals surface area contributed by atoms with Gasteiger partial charge in [-0.1, -0.05) is 22.0 Å². The fraction of sp³-hybridized carbons (Fsp3) is 0. The fourth-order valence-electron chi connectivity index (χ4n) is 0.533. The molecule has 0 unspecified atom stereocenters. The van der Waals surface area contributed by atoms with Gasteiger partial charge in [0, 0.05) is 4.47 Å². The molecular weight excluding hydrogens is 182 g/mol. The van der Waals surface area contributed by atoms with Gasteiger partial charge >= 0.3 is 0 Å². The minimum atomic E-state index is 0.448.